The molecule has 17 heavy (non-hydrogen) atoms. The minimum Gasteiger partial charge on any atom is -0.444 e. The summed E-state index contributed by atoms with van der Waals surface area (Å²) >= 11 is 0. The number of alkyl carbamates (subject to hydrolysis) is 1. The van der Waals surface area contributed by atoms with Crippen molar-refractivity contribution >= 4 is 11.9 Å². The largest absolute Gasteiger partial charge is 0.444 e. The van der Waals surface area contributed by atoms with E-state index in [0.29, 0.717) is 18.1 Å². The maximum atomic E-state index is 11.7. The third-order valence-corrected chi connectivity index (χ3v) is 3.66. The number of hydrogen-bond donors (Lipinski definition) is 1. The second-order valence-corrected chi connectivity index (χ2v) is 6.11. The van der Waals surface area contributed by atoms with Crippen molar-refractivity contribution in [2.24, 2.45) is 11.8 Å². The maximum Gasteiger partial charge on any atom is 0.407 e. The molecule has 2 rings (SSSR count). The molecule has 1 N–H and O–H groups in total. The van der Waals surface area contributed by atoms with Gasteiger partial charge in [0.1, 0.15) is 11.4 Å². The van der Waals surface area contributed by atoms with Crippen molar-refractivity contribution in [2.45, 2.75) is 58.1 Å². The fourth-order valence-corrected chi connectivity index (χ4v) is 2.74. The van der Waals surface area contributed by atoms with Crippen LogP contribution in [0.5, 0.6) is 0 Å². The molecule has 3 atom stereocenters. The van der Waals surface area contributed by atoms with Gasteiger partial charge in [-0.05, 0) is 46.0 Å². The van der Waals surface area contributed by atoms with Crippen molar-refractivity contribution in [3.63, 3.8) is 0 Å². The number of rotatable bonds is 1. The first-order chi connectivity index (χ1) is 7.87. The van der Waals surface area contributed by atoms with Crippen molar-refractivity contribution < 1.29 is 14.3 Å². The van der Waals surface area contributed by atoms with Crippen LogP contribution in [-0.2, 0) is 9.53 Å². The Balaban J connectivity index is 1.87. The van der Waals surface area contributed by atoms with Gasteiger partial charge in [-0.2, -0.15) is 0 Å². The van der Waals surface area contributed by atoms with Gasteiger partial charge in [-0.3, -0.25) is 4.79 Å². The summed E-state index contributed by atoms with van der Waals surface area (Å²) < 4.78 is 5.24. The molecule has 0 saturated heterocycles. The van der Waals surface area contributed by atoms with Crippen molar-refractivity contribution in [1.29, 1.82) is 0 Å². The molecule has 0 spiro atoms. The monoisotopic (exact) mass is 239 g/mol. The average molecular weight is 239 g/mol. The quantitative estimate of drug-likeness (QED) is 0.763. The van der Waals surface area contributed by atoms with Crippen LogP contribution in [0.4, 0.5) is 4.79 Å². The molecule has 0 aromatic carbocycles. The van der Waals surface area contributed by atoms with Gasteiger partial charge in [0.15, 0.2) is 0 Å². The lowest BCUT2D eigenvalue weighted by atomic mass is 9.62. The molecule has 0 aliphatic heterocycles. The Morgan fingerprint density at radius 3 is 2.53 bits per heavy atom. The Morgan fingerprint density at radius 1 is 1.29 bits per heavy atom. The Morgan fingerprint density at radius 2 is 2.00 bits per heavy atom. The molecular formula is C13H21NO3. The van der Waals surface area contributed by atoms with Gasteiger partial charge in [0, 0.05) is 18.4 Å². The highest BCUT2D eigenvalue weighted by molar-refractivity contribution is 5.83. The summed E-state index contributed by atoms with van der Waals surface area (Å²) in [7, 11) is 0. The van der Waals surface area contributed by atoms with E-state index in [4.69, 9.17) is 4.74 Å². The predicted octanol–water partition coefficient (Wildman–Crippen LogP) is 2.27. The lowest BCUT2D eigenvalue weighted by Gasteiger charge is -2.44. The van der Waals surface area contributed by atoms with E-state index in [1.807, 2.05) is 20.8 Å². The summed E-state index contributed by atoms with van der Waals surface area (Å²) in [4.78, 5) is 23.2. The lowest BCUT2D eigenvalue weighted by Crippen LogP contribution is -2.53. The summed E-state index contributed by atoms with van der Waals surface area (Å²) in [5, 5.41) is 2.91. The van der Waals surface area contributed by atoms with Gasteiger partial charge in [-0.25, -0.2) is 4.79 Å². The third kappa shape index (κ3) is 2.79. The van der Waals surface area contributed by atoms with E-state index in [-0.39, 0.29) is 18.1 Å². The van der Waals surface area contributed by atoms with E-state index in [9.17, 15) is 9.59 Å². The Bertz CT molecular complexity index is 332. The second-order valence-electron chi connectivity index (χ2n) is 6.11. The number of nitrogens with one attached hydrogen (secondary N) is 1. The van der Waals surface area contributed by atoms with Gasteiger partial charge >= 0.3 is 6.09 Å². The first-order valence-corrected chi connectivity index (χ1v) is 6.39. The van der Waals surface area contributed by atoms with Gasteiger partial charge in [-0.1, -0.05) is 0 Å². The Kier molecular flexibility index (Phi) is 3.15. The molecule has 2 saturated carbocycles. The van der Waals surface area contributed by atoms with Crippen molar-refractivity contribution in [1.82, 2.24) is 5.32 Å². The van der Waals surface area contributed by atoms with Gasteiger partial charge in [0.2, 0.25) is 0 Å². The molecule has 0 radical (unpaired) electrons. The predicted molar refractivity (Wildman–Crippen MR) is 63.6 cm³/mol. The maximum absolute atomic E-state index is 11.7. The summed E-state index contributed by atoms with van der Waals surface area (Å²) in [5.41, 5.74) is -0.465. The minimum atomic E-state index is -0.465. The fourth-order valence-electron chi connectivity index (χ4n) is 2.74. The zero-order valence-corrected chi connectivity index (χ0v) is 10.8. The molecule has 1 amide bonds. The molecule has 0 aromatic rings. The average Bonchev–Trinajstić information content (AvgIpc) is 2.06. The highest BCUT2D eigenvalue weighted by Crippen LogP contribution is 2.43. The topological polar surface area (TPSA) is 55.4 Å². The van der Waals surface area contributed by atoms with E-state index >= 15 is 0 Å². The molecule has 2 fully saturated rings. The van der Waals surface area contributed by atoms with Crippen molar-refractivity contribution in [3.05, 3.63) is 0 Å². The van der Waals surface area contributed by atoms with Crippen LogP contribution in [0.2, 0.25) is 0 Å². The number of Topliss-reactive ketones (excluding diaryl/α,β-unsaturated/α-hetero) is 1. The molecule has 2 aliphatic carbocycles. The number of carbonyl (C=O) groups excluding carboxylic acids is 2. The zero-order chi connectivity index (χ0) is 12.6. The van der Waals surface area contributed by atoms with Crippen molar-refractivity contribution in [3.8, 4) is 0 Å². The number of carbonyl (C=O) groups is 2. The van der Waals surface area contributed by atoms with E-state index in [0.717, 1.165) is 19.3 Å². The van der Waals surface area contributed by atoms with E-state index in [1.54, 1.807) is 0 Å². The second kappa shape index (κ2) is 4.31. The van der Waals surface area contributed by atoms with E-state index in [2.05, 4.69) is 5.32 Å². The molecule has 4 nitrogen and oxygen atoms in total. The van der Waals surface area contributed by atoms with E-state index < -0.39 is 5.60 Å². The van der Waals surface area contributed by atoms with Crippen LogP contribution in [-0.4, -0.2) is 23.5 Å². The van der Waals surface area contributed by atoms with E-state index in [1.165, 1.54) is 0 Å². The number of fused-ring (bicyclic) bond motifs is 1. The summed E-state index contributed by atoms with van der Waals surface area (Å²) in [6.07, 6.45) is 3.05. The summed E-state index contributed by atoms with van der Waals surface area (Å²) in [5.74, 6) is 0.927. The number of amides is 1. The smallest absolute Gasteiger partial charge is 0.407 e. The zero-order valence-electron chi connectivity index (χ0n) is 10.8. The molecule has 96 valence electrons. The van der Waals surface area contributed by atoms with Gasteiger partial charge in [0.25, 0.3) is 0 Å². The summed E-state index contributed by atoms with van der Waals surface area (Å²) in [6.45, 7) is 5.55. The highest BCUT2D eigenvalue weighted by Gasteiger charge is 2.45. The van der Waals surface area contributed by atoms with Crippen LogP contribution in [0.1, 0.15) is 46.5 Å². The standard InChI is InChI=1S/C13H21NO3/c1-13(2,3)17-12(16)14-10-6-7-11(15)9-5-4-8(9)10/h8-10H,4-7H2,1-3H3,(H,14,16). The molecule has 0 heterocycles. The first-order valence-electron chi connectivity index (χ1n) is 6.39. The Hall–Kier alpha value is -1.06. The molecule has 0 aromatic heterocycles. The van der Waals surface area contributed by atoms with Gasteiger partial charge < -0.3 is 10.1 Å². The normalized spacial score (nSPS) is 32.4. The van der Waals surface area contributed by atoms with Crippen LogP contribution in [0.3, 0.4) is 0 Å². The lowest BCUT2D eigenvalue weighted by molar-refractivity contribution is -0.132. The molecule has 0 bridgehead atoms. The van der Waals surface area contributed by atoms with Crippen LogP contribution in [0, 0.1) is 11.8 Å². The van der Waals surface area contributed by atoms with Crippen molar-refractivity contribution in [2.75, 3.05) is 0 Å². The first kappa shape index (κ1) is 12.4. The SMILES string of the molecule is CC(C)(C)OC(=O)NC1CCC(=O)C2CCC12. The van der Waals surface area contributed by atoms with Crippen LogP contribution in [0.15, 0.2) is 0 Å². The summed E-state index contributed by atoms with van der Waals surface area (Å²) in [6, 6.07) is 0.126. The van der Waals surface area contributed by atoms with Gasteiger partial charge in [0.05, 0.1) is 0 Å². The fraction of sp³-hybridized carbons (Fsp3) is 0.846. The van der Waals surface area contributed by atoms with Crippen LogP contribution >= 0.6 is 0 Å². The third-order valence-electron chi connectivity index (χ3n) is 3.66. The molecule has 2 aliphatic rings. The molecule has 4 heteroatoms. The van der Waals surface area contributed by atoms with Crippen LogP contribution in [0.25, 0.3) is 0 Å². The highest BCUT2D eigenvalue weighted by atomic mass is 16.6. The molecular weight excluding hydrogens is 218 g/mol. The number of ether oxygens (including phenoxy) is 1. The van der Waals surface area contributed by atoms with Gasteiger partial charge in [-0.15, -0.1) is 0 Å². The van der Waals surface area contributed by atoms with Crippen LogP contribution < -0.4 is 5.32 Å². The molecule has 3 unspecified atom stereocenters. The number of hydrogen-bond acceptors (Lipinski definition) is 3. The minimum absolute atomic E-state index is 0.126. The Labute approximate surface area is 102 Å². The number of ketones is 1.